The minimum absolute atomic E-state index is 0.197. The molecule has 0 saturated carbocycles. The van der Waals surface area contributed by atoms with Gasteiger partial charge in [-0.15, -0.1) is 10.2 Å². The van der Waals surface area contributed by atoms with Crippen LogP contribution >= 0.6 is 11.8 Å². The molecule has 0 radical (unpaired) electrons. The smallest absolute Gasteiger partial charge is 0.243 e. The van der Waals surface area contributed by atoms with Crippen molar-refractivity contribution < 1.29 is 9.32 Å². The van der Waals surface area contributed by atoms with Crippen molar-refractivity contribution in [2.45, 2.75) is 44.1 Å². The van der Waals surface area contributed by atoms with Gasteiger partial charge in [-0.05, 0) is 31.9 Å². The Kier molecular flexibility index (Phi) is 6.70. The number of aromatic nitrogens is 4. The van der Waals surface area contributed by atoms with Crippen LogP contribution in [0.2, 0.25) is 0 Å². The second-order valence-electron chi connectivity index (χ2n) is 7.55. The second-order valence-corrected chi connectivity index (χ2v) is 8.62. The summed E-state index contributed by atoms with van der Waals surface area (Å²) >= 11 is 1.38. The largest absolute Gasteiger partial charge is 0.360 e. The third-order valence-electron chi connectivity index (χ3n) is 4.88. The van der Waals surface area contributed by atoms with E-state index in [1.807, 2.05) is 42.5 Å². The molecule has 0 aliphatic carbocycles. The van der Waals surface area contributed by atoms with Gasteiger partial charge in [-0.3, -0.25) is 4.79 Å². The molecule has 8 heteroatoms. The third kappa shape index (κ3) is 4.91. The molecule has 2 heterocycles. The molecule has 0 aliphatic heterocycles. The lowest BCUT2D eigenvalue weighted by Crippen LogP contribution is -2.20. The average molecular weight is 448 g/mol. The Morgan fingerprint density at radius 1 is 1.09 bits per heavy atom. The van der Waals surface area contributed by atoms with Crippen LogP contribution in [0.5, 0.6) is 0 Å². The minimum atomic E-state index is -0.529. The topological polar surface area (TPSA) is 85.8 Å². The molecule has 32 heavy (non-hydrogen) atoms. The number of nitrogens with zero attached hydrogens (tertiary/aromatic N) is 4. The van der Waals surface area contributed by atoms with E-state index in [9.17, 15) is 4.79 Å². The molecule has 0 aliphatic rings. The van der Waals surface area contributed by atoms with Crippen LogP contribution in [0.3, 0.4) is 0 Å². The first-order valence-corrected chi connectivity index (χ1v) is 11.4. The number of anilines is 1. The van der Waals surface area contributed by atoms with Gasteiger partial charge >= 0.3 is 0 Å². The van der Waals surface area contributed by atoms with E-state index in [1.165, 1.54) is 11.8 Å². The number of hydrogen-bond acceptors (Lipinski definition) is 6. The number of amides is 1. The van der Waals surface area contributed by atoms with Gasteiger partial charge in [0.1, 0.15) is 11.0 Å². The molecule has 164 valence electrons. The summed E-state index contributed by atoms with van der Waals surface area (Å²) in [6.07, 6.45) is 0.921. The van der Waals surface area contributed by atoms with E-state index in [0.29, 0.717) is 16.7 Å². The lowest BCUT2D eigenvalue weighted by atomic mass is 10.1. The van der Waals surface area contributed by atoms with Crippen LogP contribution in [0.15, 0.2) is 70.3 Å². The molecule has 0 bridgehead atoms. The summed E-state index contributed by atoms with van der Waals surface area (Å²) < 4.78 is 7.17. The number of thioether (sulfide) groups is 1. The SMILES string of the molecule is CCCn1c(SC(C(=O)Nc2cc(C)on2)c2ccccc2)nnc1-c1cccc(C)c1. The van der Waals surface area contributed by atoms with Gasteiger partial charge in [-0.2, -0.15) is 0 Å². The van der Waals surface area contributed by atoms with Gasteiger partial charge in [0.25, 0.3) is 0 Å². The molecular formula is C24H25N5O2S. The van der Waals surface area contributed by atoms with Crippen LogP contribution in [0.1, 0.15) is 35.5 Å². The quantitative estimate of drug-likeness (QED) is 0.362. The molecule has 1 amide bonds. The van der Waals surface area contributed by atoms with Gasteiger partial charge in [0.15, 0.2) is 16.8 Å². The number of aryl methyl sites for hydroxylation is 2. The van der Waals surface area contributed by atoms with Crippen molar-refractivity contribution in [1.82, 2.24) is 19.9 Å². The van der Waals surface area contributed by atoms with E-state index < -0.39 is 5.25 Å². The summed E-state index contributed by atoms with van der Waals surface area (Å²) in [6.45, 7) is 6.71. The van der Waals surface area contributed by atoms with E-state index in [2.05, 4.69) is 51.2 Å². The number of nitrogens with one attached hydrogen (secondary N) is 1. The molecule has 0 saturated heterocycles. The number of carbonyl (C=O) groups excluding carboxylic acids is 1. The highest BCUT2D eigenvalue weighted by Gasteiger charge is 2.26. The van der Waals surface area contributed by atoms with Gasteiger partial charge < -0.3 is 14.4 Å². The predicted molar refractivity (Wildman–Crippen MR) is 125 cm³/mol. The highest BCUT2D eigenvalue weighted by Crippen LogP contribution is 2.37. The number of carbonyl (C=O) groups is 1. The molecule has 4 rings (SSSR count). The fraction of sp³-hybridized carbons (Fsp3) is 0.250. The summed E-state index contributed by atoms with van der Waals surface area (Å²) in [6, 6.07) is 19.5. The summed E-state index contributed by atoms with van der Waals surface area (Å²) in [4.78, 5) is 13.2. The lowest BCUT2D eigenvalue weighted by molar-refractivity contribution is -0.115. The number of benzene rings is 2. The molecule has 4 aromatic rings. The normalized spacial score (nSPS) is 12.0. The summed E-state index contributed by atoms with van der Waals surface area (Å²) in [5.41, 5.74) is 3.04. The van der Waals surface area contributed by atoms with Crippen molar-refractivity contribution in [3.8, 4) is 11.4 Å². The summed E-state index contributed by atoms with van der Waals surface area (Å²) in [7, 11) is 0. The molecule has 0 spiro atoms. The molecule has 1 atom stereocenters. The van der Waals surface area contributed by atoms with E-state index in [1.54, 1.807) is 13.0 Å². The van der Waals surface area contributed by atoms with E-state index >= 15 is 0 Å². The van der Waals surface area contributed by atoms with E-state index in [-0.39, 0.29) is 5.91 Å². The molecule has 7 nitrogen and oxygen atoms in total. The van der Waals surface area contributed by atoms with Crippen molar-refractivity contribution in [2.24, 2.45) is 0 Å². The van der Waals surface area contributed by atoms with Gasteiger partial charge in [0.2, 0.25) is 5.91 Å². The third-order valence-corrected chi connectivity index (χ3v) is 6.12. The van der Waals surface area contributed by atoms with Crippen molar-refractivity contribution in [3.63, 3.8) is 0 Å². The van der Waals surface area contributed by atoms with E-state index in [4.69, 9.17) is 4.52 Å². The monoisotopic (exact) mass is 447 g/mol. The zero-order valence-electron chi connectivity index (χ0n) is 18.3. The summed E-state index contributed by atoms with van der Waals surface area (Å²) in [5, 5.41) is 15.8. The highest BCUT2D eigenvalue weighted by atomic mass is 32.2. The van der Waals surface area contributed by atoms with Gasteiger partial charge in [-0.1, -0.05) is 77.9 Å². The summed E-state index contributed by atoms with van der Waals surface area (Å²) in [5.74, 6) is 1.63. The molecule has 2 aromatic carbocycles. The Hall–Kier alpha value is -3.39. The number of hydrogen-bond donors (Lipinski definition) is 1. The first-order chi connectivity index (χ1) is 15.5. The molecule has 0 fully saturated rings. The van der Waals surface area contributed by atoms with Crippen LogP contribution in [-0.2, 0) is 11.3 Å². The van der Waals surface area contributed by atoms with Crippen molar-refractivity contribution in [2.75, 3.05) is 5.32 Å². The Labute approximate surface area is 191 Å². The fourth-order valence-corrected chi connectivity index (χ4v) is 4.48. The number of rotatable bonds is 8. The van der Waals surface area contributed by atoms with Crippen molar-refractivity contribution in [3.05, 3.63) is 77.6 Å². The molecular weight excluding hydrogens is 422 g/mol. The fourth-order valence-electron chi connectivity index (χ4n) is 3.42. The molecule has 1 unspecified atom stereocenters. The molecule has 2 aromatic heterocycles. The second kappa shape index (κ2) is 9.82. The lowest BCUT2D eigenvalue weighted by Gasteiger charge is -2.16. The Morgan fingerprint density at radius 3 is 2.59 bits per heavy atom. The van der Waals surface area contributed by atoms with Gasteiger partial charge in [0, 0.05) is 18.2 Å². The average Bonchev–Trinajstić information content (AvgIpc) is 3.38. The maximum absolute atomic E-state index is 13.2. The van der Waals surface area contributed by atoms with Crippen LogP contribution in [-0.4, -0.2) is 25.8 Å². The first kappa shape index (κ1) is 21.8. The zero-order valence-corrected chi connectivity index (χ0v) is 19.1. The first-order valence-electron chi connectivity index (χ1n) is 10.5. The maximum Gasteiger partial charge on any atom is 0.243 e. The van der Waals surface area contributed by atoms with Gasteiger partial charge in [0.05, 0.1) is 0 Å². The van der Waals surface area contributed by atoms with Crippen LogP contribution < -0.4 is 5.32 Å². The van der Waals surface area contributed by atoms with Crippen molar-refractivity contribution >= 4 is 23.5 Å². The van der Waals surface area contributed by atoms with Crippen LogP contribution in [0.25, 0.3) is 11.4 Å². The van der Waals surface area contributed by atoms with E-state index in [0.717, 1.165) is 35.5 Å². The van der Waals surface area contributed by atoms with Gasteiger partial charge in [-0.25, -0.2) is 0 Å². The van der Waals surface area contributed by atoms with Crippen LogP contribution in [0, 0.1) is 13.8 Å². The predicted octanol–water partition coefficient (Wildman–Crippen LogP) is 5.43. The molecule has 1 N–H and O–H groups in total. The van der Waals surface area contributed by atoms with Crippen LogP contribution in [0.4, 0.5) is 5.82 Å². The standard InChI is InChI=1S/C24H25N5O2S/c1-4-13-29-22(19-12-8-9-16(2)14-19)26-27-24(29)32-21(18-10-6-5-7-11-18)23(30)25-20-15-17(3)31-28-20/h5-12,14-15,21H,4,13H2,1-3H3,(H,25,28,30). The maximum atomic E-state index is 13.2. The Morgan fingerprint density at radius 2 is 1.91 bits per heavy atom. The zero-order chi connectivity index (χ0) is 22.5. The van der Waals surface area contributed by atoms with Crippen molar-refractivity contribution in [1.29, 1.82) is 0 Å². The Bertz CT molecular complexity index is 1200. The minimum Gasteiger partial charge on any atom is -0.360 e. The highest BCUT2D eigenvalue weighted by molar-refractivity contribution is 8.00. The Balaban J connectivity index is 1.68.